The van der Waals surface area contributed by atoms with Crippen molar-refractivity contribution >= 4 is 40.5 Å². The zero-order valence-corrected chi connectivity index (χ0v) is 41.1. The van der Waals surface area contributed by atoms with Crippen LogP contribution in [-0.2, 0) is 31.1 Å². The Balaban J connectivity index is 1.19. The van der Waals surface area contributed by atoms with Crippen LogP contribution in [0.3, 0.4) is 0 Å². The zero-order chi connectivity index (χ0) is 50.8. The summed E-state index contributed by atoms with van der Waals surface area (Å²) in [6.07, 6.45) is 3.46. The molecule has 5 heterocycles. The van der Waals surface area contributed by atoms with E-state index in [0.717, 1.165) is 59.8 Å². The van der Waals surface area contributed by atoms with Crippen LogP contribution in [0, 0.1) is 17.8 Å². The molecule has 11 rings (SSSR count). The highest BCUT2D eigenvalue weighted by molar-refractivity contribution is 6.24. The van der Waals surface area contributed by atoms with Gasteiger partial charge in [0.2, 0.25) is 11.8 Å². The molecular formula is C60H57N7O7. The van der Waals surface area contributed by atoms with Gasteiger partial charge < -0.3 is 24.8 Å². The number of likely N-dealkylation sites (tertiary alicyclic amines) is 1. The standard InChI is InChI=1S/C60H57N7O7/c1-40(42-22-8-5-9-23-42)61-59(72)66-48-33-32-41(21-20-36-65-49-30-16-15-29-47(49)62-63-65)39-46(48)60(58(66)71)51(56(69)64-34-18-3-2-4-19-35-64)53-57(70)74-54(44-26-12-7-13-27-44)52(43-24-10-6-11-25-43)67(53)55(60)45-28-14-17-31-50(45)73-38-37-68/h5-17,22-33,39-40,51-55,68H,2-4,18-19,34-38H2,1H3,(H,61,72). The summed E-state index contributed by atoms with van der Waals surface area (Å²) in [5, 5.41) is 22.0. The summed E-state index contributed by atoms with van der Waals surface area (Å²) < 4.78 is 14.9. The van der Waals surface area contributed by atoms with E-state index in [1.165, 1.54) is 4.90 Å². The molecule has 7 unspecified atom stereocenters. The number of esters is 1. The van der Waals surface area contributed by atoms with Crippen molar-refractivity contribution in [2.45, 2.75) is 81.3 Å². The summed E-state index contributed by atoms with van der Waals surface area (Å²) in [5.41, 5.74) is 3.48. The Labute approximate surface area is 429 Å². The molecule has 3 fully saturated rings. The second-order valence-electron chi connectivity index (χ2n) is 19.5. The Morgan fingerprint density at radius 2 is 1.46 bits per heavy atom. The Hall–Kier alpha value is -8.12. The smallest absolute Gasteiger partial charge is 0.329 e. The van der Waals surface area contributed by atoms with Crippen molar-refractivity contribution in [1.29, 1.82) is 0 Å². The number of amides is 4. The number of nitrogens with one attached hydrogen (secondary N) is 1. The van der Waals surface area contributed by atoms with E-state index < -0.39 is 59.5 Å². The van der Waals surface area contributed by atoms with Gasteiger partial charge in [-0.1, -0.05) is 158 Å². The van der Waals surface area contributed by atoms with Crippen molar-refractivity contribution in [2.24, 2.45) is 5.92 Å². The quantitative estimate of drug-likeness (QED) is 0.100. The molecule has 4 amide bonds. The summed E-state index contributed by atoms with van der Waals surface area (Å²) in [7, 11) is 0. The molecule has 4 aliphatic rings. The molecule has 1 spiro atoms. The van der Waals surface area contributed by atoms with E-state index in [2.05, 4.69) is 27.5 Å². The number of imide groups is 1. The molecule has 374 valence electrons. The summed E-state index contributed by atoms with van der Waals surface area (Å²) in [6, 6.07) is 44.4. The lowest BCUT2D eigenvalue weighted by atomic mass is 9.64. The van der Waals surface area contributed by atoms with Gasteiger partial charge in [0, 0.05) is 24.2 Å². The van der Waals surface area contributed by atoms with Gasteiger partial charge in [0.25, 0.3) is 0 Å². The number of morpholine rings is 1. The number of urea groups is 1. The molecular weight excluding hydrogens is 931 g/mol. The molecule has 7 atom stereocenters. The number of hydrogen-bond acceptors (Lipinski definition) is 10. The Morgan fingerprint density at radius 3 is 2.20 bits per heavy atom. The predicted molar refractivity (Wildman–Crippen MR) is 278 cm³/mol. The van der Waals surface area contributed by atoms with Gasteiger partial charge in [-0.25, -0.2) is 14.4 Å². The van der Waals surface area contributed by atoms with Crippen molar-refractivity contribution in [3.05, 3.63) is 191 Å². The Kier molecular flexibility index (Phi) is 13.5. The first-order chi connectivity index (χ1) is 36.3. The Morgan fingerprint density at radius 1 is 0.797 bits per heavy atom. The third kappa shape index (κ3) is 8.55. The van der Waals surface area contributed by atoms with Gasteiger partial charge in [-0.3, -0.25) is 19.3 Å². The summed E-state index contributed by atoms with van der Waals surface area (Å²) >= 11 is 0. The van der Waals surface area contributed by atoms with E-state index in [1.54, 1.807) is 22.9 Å². The number of carbonyl (C=O) groups excluding carboxylic acids is 4. The van der Waals surface area contributed by atoms with Crippen molar-refractivity contribution < 1.29 is 33.8 Å². The number of cyclic esters (lactones) is 1. The fourth-order valence-electron chi connectivity index (χ4n) is 11.9. The lowest BCUT2D eigenvalue weighted by molar-refractivity contribution is -0.179. The average molecular weight is 988 g/mol. The van der Waals surface area contributed by atoms with Gasteiger partial charge in [0.15, 0.2) is 0 Å². The molecule has 6 aromatic carbocycles. The minimum Gasteiger partial charge on any atom is -0.491 e. The topological polar surface area (TPSA) is 159 Å². The second-order valence-corrected chi connectivity index (χ2v) is 19.5. The first kappa shape index (κ1) is 48.2. The number of rotatable bonds is 10. The highest BCUT2D eigenvalue weighted by Crippen LogP contribution is 2.67. The summed E-state index contributed by atoms with van der Waals surface area (Å²) in [6.45, 7) is 2.51. The number of benzene rings is 6. The van der Waals surface area contributed by atoms with E-state index in [1.807, 2.05) is 156 Å². The van der Waals surface area contributed by atoms with Crippen LogP contribution < -0.4 is 15.0 Å². The van der Waals surface area contributed by atoms with Crippen LogP contribution in [0.25, 0.3) is 11.0 Å². The molecule has 3 saturated heterocycles. The van der Waals surface area contributed by atoms with Gasteiger partial charge in [0.1, 0.15) is 42.0 Å². The van der Waals surface area contributed by atoms with Gasteiger partial charge >= 0.3 is 12.0 Å². The Bertz CT molecular complexity index is 3260. The van der Waals surface area contributed by atoms with E-state index in [4.69, 9.17) is 9.47 Å². The van der Waals surface area contributed by atoms with Crippen molar-refractivity contribution in [3.8, 4) is 17.6 Å². The highest BCUT2D eigenvalue weighted by Gasteiger charge is 2.76. The van der Waals surface area contributed by atoms with Crippen molar-refractivity contribution in [2.75, 3.05) is 31.2 Å². The van der Waals surface area contributed by atoms with Crippen LogP contribution in [0.15, 0.2) is 158 Å². The molecule has 74 heavy (non-hydrogen) atoms. The maximum Gasteiger partial charge on any atom is 0.329 e. The maximum absolute atomic E-state index is 17.0. The molecule has 14 nitrogen and oxygen atoms in total. The van der Waals surface area contributed by atoms with Crippen LogP contribution in [-0.4, -0.2) is 86.1 Å². The summed E-state index contributed by atoms with van der Waals surface area (Å²) in [4.78, 5) is 69.6. The third-order valence-corrected chi connectivity index (χ3v) is 15.2. The predicted octanol–water partition coefficient (Wildman–Crippen LogP) is 8.78. The van der Waals surface area contributed by atoms with E-state index >= 15 is 19.2 Å². The highest BCUT2D eigenvalue weighted by atomic mass is 16.6. The van der Waals surface area contributed by atoms with Crippen molar-refractivity contribution in [3.63, 3.8) is 0 Å². The minimum absolute atomic E-state index is 0.0790. The fraction of sp³-hybridized carbons (Fsp3) is 0.300. The number of anilines is 1. The van der Waals surface area contributed by atoms with E-state index in [0.29, 0.717) is 35.5 Å². The molecule has 0 bridgehead atoms. The molecule has 1 aromatic heterocycles. The minimum atomic E-state index is -2.01. The lowest BCUT2D eigenvalue weighted by Crippen LogP contribution is -2.57. The fourth-order valence-corrected chi connectivity index (χ4v) is 11.9. The van der Waals surface area contributed by atoms with Crippen LogP contribution in [0.2, 0.25) is 0 Å². The van der Waals surface area contributed by atoms with Crippen LogP contribution in [0.5, 0.6) is 5.75 Å². The molecule has 0 aliphatic carbocycles. The summed E-state index contributed by atoms with van der Waals surface area (Å²) in [5.74, 6) is 3.77. The first-order valence-corrected chi connectivity index (χ1v) is 25.6. The van der Waals surface area contributed by atoms with Gasteiger partial charge in [-0.15, -0.1) is 5.10 Å². The number of aliphatic hydroxyl groups excluding tert-OH is 1. The number of carbonyl (C=O) groups is 4. The number of ether oxygens (including phenoxy) is 2. The normalized spacial score (nSPS) is 23.0. The molecule has 14 heteroatoms. The lowest BCUT2D eigenvalue weighted by Gasteiger charge is -2.46. The molecule has 0 radical (unpaired) electrons. The van der Waals surface area contributed by atoms with Gasteiger partial charge in [-0.2, -0.15) is 0 Å². The van der Waals surface area contributed by atoms with E-state index in [9.17, 15) is 5.11 Å². The number of para-hydroxylation sites is 2. The van der Waals surface area contributed by atoms with Crippen LogP contribution in [0.4, 0.5) is 10.5 Å². The molecule has 7 aromatic rings. The molecule has 2 N–H and O–H groups in total. The SMILES string of the molecule is CC(NC(=O)N1C(=O)C2(c3cc(C#CCn4nnc5ccccc54)ccc31)C(C(=O)N1CCCCCCC1)C1C(=O)OC(c3ccccc3)C(c3ccccc3)N1C2c1ccccc1OCCO)c1ccccc1. The number of aliphatic hydroxyl groups is 1. The third-order valence-electron chi connectivity index (χ3n) is 15.2. The second kappa shape index (κ2) is 20.8. The first-order valence-electron chi connectivity index (χ1n) is 25.6. The largest absolute Gasteiger partial charge is 0.491 e. The van der Waals surface area contributed by atoms with Crippen LogP contribution in [0.1, 0.15) is 96.6 Å². The maximum atomic E-state index is 17.0. The monoisotopic (exact) mass is 987 g/mol. The number of nitrogens with zero attached hydrogens (tertiary/aromatic N) is 6. The van der Waals surface area contributed by atoms with Crippen molar-refractivity contribution in [1.82, 2.24) is 30.1 Å². The van der Waals surface area contributed by atoms with Crippen LogP contribution >= 0.6 is 0 Å². The number of aromatic nitrogens is 3. The molecule has 4 aliphatic heterocycles. The van der Waals surface area contributed by atoms with E-state index in [-0.39, 0.29) is 31.4 Å². The number of fused-ring (bicyclic) bond motifs is 4. The molecule has 0 saturated carbocycles. The average Bonchev–Trinajstić information content (AvgIpc) is 4.12. The van der Waals surface area contributed by atoms with Gasteiger partial charge in [-0.05, 0) is 78.4 Å². The van der Waals surface area contributed by atoms with Gasteiger partial charge in [0.05, 0.1) is 41.9 Å². The zero-order valence-electron chi connectivity index (χ0n) is 41.1. The number of hydrogen-bond donors (Lipinski definition) is 2.